The molecule has 0 saturated heterocycles. The quantitative estimate of drug-likeness (QED) is 0.502. The van der Waals surface area contributed by atoms with Crippen LogP contribution in [0.15, 0.2) is 12.1 Å². The lowest BCUT2D eigenvalue weighted by molar-refractivity contribution is 0.0570. The summed E-state index contributed by atoms with van der Waals surface area (Å²) in [4.78, 5) is 12.2. The molecule has 0 atom stereocenters. The van der Waals surface area contributed by atoms with Gasteiger partial charge in [-0.15, -0.1) is 12.6 Å². The summed E-state index contributed by atoms with van der Waals surface area (Å²) in [6.07, 6.45) is 2.09. The second-order valence-corrected chi connectivity index (χ2v) is 6.43. The maximum atomic E-state index is 12.2. The number of aromatic nitrogens is 2. The summed E-state index contributed by atoms with van der Waals surface area (Å²) in [6, 6.07) is 5.78. The van der Waals surface area contributed by atoms with Crippen molar-refractivity contribution in [3.05, 3.63) is 40.2 Å². The number of nitriles is 1. The lowest BCUT2D eigenvalue weighted by Gasteiger charge is -2.11. The first-order valence-corrected chi connectivity index (χ1v) is 8.63. The van der Waals surface area contributed by atoms with E-state index in [0.717, 1.165) is 29.7 Å². The van der Waals surface area contributed by atoms with Crippen molar-refractivity contribution < 1.29 is 14.3 Å². The minimum atomic E-state index is -0.561. The van der Waals surface area contributed by atoms with Crippen molar-refractivity contribution >= 4 is 18.6 Å². The van der Waals surface area contributed by atoms with Gasteiger partial charge in [0.05, 0.1) is 17.3 Å². The number of rotatable bonds is 5. The van der Waals surface area contributed by atoms with E-state index in [1.54, 1.807) is 23.9 Å². The van der Waals surface area contributed by atoms with Crippen LogP contribution < -0.4 is 4.74 Å². The van der Waals surface area contributed by atoms with Crippen molar-refractivity contribution in [2.45, 2.75) is 32.6 Å². The molecule has 6 nitrogen and oxygen atoms in total. The van der Waals surface area contributed by atoms with E-state index in [0.29, 0.717) is 23.0 Å². The van der Waals surface area contributed by atoms with Crippen molar-refractivity contribution in [3.8, 4) is 17.6 Å². The smallest absolute Gasteiger partial charge is 0.363 e. The Morgan fingerprint density at radius 3 is 2.56 bits per heavy atom. The number of carbonyl (C=O) groups excluding carboxylic acids is 1. The number of nitrogens with zero attached hydrogens (tertiary/aromatic N) is 3. The van der Waals surface area contributed by atoms with Crippen LogP contribution >= 0.6 is 12.6 Å². The monoisotopic (exact) mass is 357 g/mol. The van der Waals surface area contributed by atoms with E-state index in [2.05, 4.69) is 23.8 Å². The van der Waals surface area contributed by atoms with Crippen molar-refractivity contribution in [2.24, 2.45) is 7.05 Å². The molecular formula is C18H19N3O3S. The summed E-state index contributed by atoms with van der Waals surface area (Å²) < 4.78 is 12.7. The lowest BCUT2D eigenvalue weighted by atomic mass is 10.0. The minimum absolute atomic E-state index is 0.0251. The Hall–Kier alpha value is -2.46. The SMILES string of the molecule is Cc1cc(Oc2c(C(=O)OCS)nn(C)c2C2CC2)cc(C)c1C#N. The average molecular weight is 357 g/mol. The van der Waals surface area contributed by atoms with Gasteiger partial charge in [0.2, 0.25) is 5.69 Å². The van der Waals surface area contributed by atoms with Crippen LogP contribution in [0.2, 0.25) is 0 Å². The first kappa shape index (κ1) is 17.4. The summed E-state index contributed by atoms with van der Waals surface area (Å²) in [6.45, 7) is 3.72. The molecular weight excluding hydrogens is 338 g/mol. The van der Waals surface area contributed by atoms with Gasteiger partial charge in [-0.3, -0.25) is 4.68 Å². The van der Waals surface area contributed by atoms with E-state index < -0.39 is 5.97 Å². The fraction of sp³-hybridized carbons (Fsp3) is 0.389. The molecule has 0 radical (unpaired) electrons. The van der Waals surface area contributed by atoms with Crippen LogP contribution in [0, 0.1) is 25.2 Å². The summed E-state index contributed by atoms with van der Waals surface area (Å²) in [5.74, 6) is 0.757. The maximum Gasteiger partial charge on any atom is 0.363 e. The Bertz CT molecular complexity index is 855. The highest BCUT2D eigenvalue weighted by Gasteiger charge is 2.35. The molecule has 0 amide bonds. The number of benzene rings is 1. The molecule has 1 saturated carbocycles. The maximum absolute atomic E-state index is 12.2. The third-order valence-corrected chi connectivity index (χ3v) is 4.37. The molecule has 130 valence electrons. The van der Waals surface area contributed by atoms with Crippen LogP contribution in [-0.4, -0.2) is 21.7 Å². The molecule has 1 fully saturated rings. The van der Waals surface area contributed by atoms with Crippen LogP contribution in [0.4, 0.5) is 0 Å². The molecule has 25 heavy (non-hydrogen) atoms. The summed E-state index contributed by atoms with van der Waals surface area (Å²) in [7, 11) is 1.80. The number of thiol groups is 1. The molecule has 0 aliphatic heterocycles. The summed E-state index contributed by atoms with van der Waals surface area (Å²) in [5.41, 5.74) is 3.34. The first-order valence-electron chi connectivity index (χ1n) is 8.00. The Morgan fingerprint density at radius 2 is 2.04 bits per heavy atom. The highest BCUT2D eigenvalue weighted by molar-refractivity contribution is 7.80. The van der Waals surface area contributed by atoms with Crippen molar-refractivity contribution in [1.82, 2.24) is 9.78 Å². The Balaban J connectivity index is 2.04. The van der Waals surface area contributed by atoms with Crippen molar-refractivity contribution in [3.63, 3.8) is 0 Å². The van der Waals surface area contributed by atoms with E-state index in [1.165, 1.54) is 0 Å². The average Bonchev–Trinajstić information content (AvgIpc) is 3.32. The van der Waals surface area contributed by atoms with Crippen LogP contribution in [0.3, 0.4) is 0 Å². The predicted octanol–water partition coefficient (Wildman–Crippen LogP) is 3.62. The van der Waals surface area contributed by atoms with Crippen LogP contribution in [0.1, 0.15) is 51.6 Å². The number of ether oxygens (including phenoxy) is 2. The molecule has 0 spiro atoms. The fourth-order valence-corrected chi connectivity index (χ4v) is 3.08. The molecule has 3 rings (SSSR count). The lowest BCUT2D eigenvalue weighted by Crippen LogP contribution is -2.06. The molecule has 2 aromatic rings. The molecule has 7 heteroatoms. The van der Waals surface area contributed by atoms with Crippen molar-refractivity contribution in [1.29, 1.82) is 5.26 Å². The van der Waals surface area contributed by atoms with E-state index in [1.807, 2.05) is 13.8 Å². The highest BCUT2D eigenvalue weighted by Crippen LogP contribution is 2.46. The minimum Gasteiger partial charge on any atom is -0.453 e. The molecule has 0 N–H and O–H groups in total. The standard InChI is InChI=1S/C18H19N3O3S/c1-10-6-13(7-11(2)14(10)8-19)24-17-15(18(22)23-9-25)20-21(3)16(17)12-4-5-12/h6-7,12,25H,4-5,9H2,1-3H3. The van der Waals surface area contributed by atoms with Crippen LogP contribution in [0.25, 0.3) is 0 Å². The fourth-order valence-electron chi connectivity index (χ4n) is 2.96. The summed E-state index contributed by atoms with van der Waals surface area (Å²) >= 11 is 3.93. The largest absolute Gasteiger partial charge is 0.453 e. The van der Waals surface area contributed by atoms with E-state index >= 15 is 0 Å². The van der Waals surface area contributed by atoms with Gasteiger partial charge in [-0.2, -0.15) is 10.4 Å². The summed E-state index contributed by atoms with van der Waals surface area (Å²) in [5, 5.41) is 13.5. The predicted molar refractivity (Wildman–Crippen MR) is 95.2 cm³/mol. The third kappa shape index (κ3) is 3.35. The Kier molecular flexibility index (Phi) is 4.73. The van der Waals surface area contributed by atoms with E-state index in [-0.39, 0.29) is 11.6 Å². The second-order valence-electron chi connectivity index (χ2n) is 6.17. The van der Waals surface area contributed by atoms with Gasteiger partial charge in [0.15, 0.2) is 5.75 Å². The normalized spacial score (nSPS) is 13.4. The van der Waals surface area contributed by atoms with Gasteiger partial charge in [0.1, 0.15) is 11.7 Å². The third-order valence-electron chi connectivity index (χ3n) is 4.24. The van der Waals surface area contributed by atoms with Crippen LogP contribution in [0.5, 0.6) is 11.5 Å². The molecule has 1 aromatic carbocycles. The number of carbonyl (C=O) groups is 1. The molecule has 1 aromatic heterocycles. The van der Waals surface area contributed by atoms with Gasteiger partial charge in [-0.1, -0.05) is 0 Å². The topological polar surface area (TPSA) is 77.1 Å². The van der Waals surface area contributed by atoms with Gasteiger partial charge in [-0.25, -0.2) is 4.79 Å². The van der Waals surface area contributed by atoms with Gasteiger partial charge in [0.25, 0.3) is 0 Å². The molecule has 0 bridgehead atoms. The molecule has 1 aliphatic rings. The van der Waals surface area contributed by atoms with E-state index in [4.69, 9.17) is 9.47 Å². The van der Waals surface area contributed by atoms with Gasteiger partial charge < -0.3 is 9.47 Å². The van der Waals surface area contributed by atoms with Gasteiger partial charge >= 0.3 is 5.97 Å². The molecule has 0 unspecified atom stereocenters. The number of esters is 1. The Morgan fingerprint density at radius 1 is 1.40 bits per heavy atom. The number of hydrogen-bond donors (Lipinski definition) is 1. The zero-order valence-electron chi connectivity index (χ0n) is 14.4. The molecule has 1 heterocycles. The van der Waals surface area contributed by atoms with Gasteiger partial charge in [-0.05, 0) is 49.9 Å². The second kappa shape index (κ2) is 6.81. The number of aryl methyl sites for hydroxylation is 3. The Labute approximate surface area is 151 Å². The van der Waals surface area contributed by atoms with Gasteiger partial charge in [0, 0.05) is 13.0 Å². The zero-order chi connectivity index (χ0) is 18.1. The first-order chi connectivity index (χ1) is 12.0. The van der Waals surface area contributed by atoms with Crippen LogP contribution in [-0.2, 0) is 11.8 Å². The number of hydrogen-bond acceptors (Lipinski definition) is 6. The zero-order valence-corrected chi connectivity index (χ0v) is 15.3. The highest BCUT2D eigenvalue weighted by atomic mass is 32.1. The van der Waals surface area contributed by atoms with Crippen molar-refractivity contribution in [2.75, 3.05) is 5.94 Å². The van der Waals surface area contributed by atoms with E-state index in [9.17, 15) is 10.1 Å². The molecule has 1 aliphatic carbocycles.